The highest BCUT2D eigenvalue weighted by molar-refractivity contribution is 5.78. The zero-order valence-electron chi connectivity index (χ0n) is 58.7. The maximum atomic E-state index is 13.4. The van der Waals surface area contributed by atoms with Gasteiger partial charge in [-0.2, -0.15) is 0 Å². The van der Waals surface area contributed by atoms with E-state index < -0.39 is 16.2 Å². The lowest BCUT2D eigenvalue weighted by atomic mass is 9.66. The number of hydrogen-bond acceptors (Lipinski definition) is 12. The second-order valence-electron chi connectivity index (χ2n) is 36.3. The predicted octanol–water partition coefficient (Wildman–Crippen LogP) is 17.0. The largest absolute Gasteiger partial charge is 0.462 e. The van der Waals surface area contributed by atoms with Crippen molar-refractivity contribution in [3.05, 3.63) is 0 Å². The van der Waals surface area contributed by atoms with E-state index in [0.29, 0.717) is 88.8 Å². The summed E-state index contributed by atoms with van der Waals surface area (Å²) >= 11 is 0. The van der Waals surface area contributed by atoms with E-state index in [9.17, 15) is 28.8 Å². The Bertz CT molecular complexity index is 2710. The van der Waals surface area contributed by atoms with E-state index in [0.717, 1.165) is 127 Å². The molecule has 0 amide bonds. The van der Waals surface area contributed by atoms with Crippen molar-refractivity contribution in [3.8, 4) is 0 Å². The van der Waals surface area contributed by atoms with E-state index in [1.807, 2.05) is 41.5 Å². The van der Waals surface area contributed by atoms with Gasteiger partial charge in [0, 0.05) is 0 Å². The minimum absolute atomic E-state index is 0.0367. The third kappa shape index (κ3) is 11.8. The Morgan fingerprint density at radius 1 is 0.330 bits per heavy atom. The summed E-state index contributed by atoms with van der Waals surface area (Å²) in [5, 5.41) is 0. The lowest BCUT2D eigenvalue weighted by Gasteiger charge is -2.42. The molecule has 510 valence electrons. The molecule has 24 unspecified atom stereocenters. The topological polar surface area (TPSA) is 158 Å². The number of fused-ring (bicyclic) bond motifs is 27. The maximum Gasteiger partial charge on any atom is 0.311 e. The lowest BCUT2D eigenvalue weighted by Crippen LogP contribution is -2.45. The van der Waals surface area contributed by atoms with Crippen molar-refractivity contribution < 1.29 is 57.2 Å². The molecule has 15 saturated carbocycles. The van der Waals surface area contributed by atoms with Crippen LogP contribution in [0.1, 0.15) is 282 Å². The predicted molar refractivity (Wildman–Crippen MR) is 348 cm³/mol. The molecule has 12 nitrogen and oxygen atoms in total. The van der Waals surface area contributed by atoms with Crippen LogP contribution in [-0.2, 0) is 57.2 Å². The van der Waals surface area contributed by atoms with Crippen LogP contribution in [0, 0.1) is 141 Å². The van der Waals surface area contributed by atoms with E-state index in [1.165, 1.54) is 89.9 Å². The summed E-state index contributed by atoms with van der Waals surface area (Å²) in [5.74, 6) is 11.4. The molecule has 15 rings (SSSR count). The van der Waals surface area contributed by atoms with Gasteiger partial charge in [-0.25, -0.2) is 0 Å². The Morgan fingerprint density at radius 2 is 0.593 bits per heavy atom. The SMILES string of the molecule is CCC(C)(C)C(=O)OC1CC2CC1C1C3CC(CC3C(=O)OC3(C)CCCCC3)C21.CCC1(OC(=O)C2CC3CC2C2C4CC(CC4OC(=O)C(C)(C)CC)C32)CCCC1.CCC1(OC(=O)C2CC3CC2C2C4CC(CC4OC(=O)C(C)(C)CC)C32)CCCCC1. The second-order valence-corrected chi connectivity index (χ2v) is 36.3. The van der Waals surface area contributed by atoms with E-state index in [-0.39, 0.29) is 88.7 Å². The molecule has 12 heteroatoms. The summed E-state index contributed by atoms with van der Waals surface area (Å²) in [4.78, 5) is 78.1. The molecule has 0 N–H and O–H groups in total. The quantitative estimate of drug-likeness (QED) is 0.0772. The highest BCUT2D eigenvalue weighted by atomic mass is 16.6. The molecule has 0 radical (unpaired) electrons. The average molecular weight is 1260 g/mol. The Balaban J connectivity index is 0.000000125. The van der Waals surface area contributed by atoms with Gasteiger partial charge in [-0.1, -0.05) is 47.5 Å². The van der Waals surface area contributed by atoms with Crippen LogP contribution in [0.2, 0.25) is 0 Å². The first-order valence-corrected chi connectivity index (χ1v) is 38.6. The molecule has 91 heavy (non-hydrogen) atoms. The highest BCUT2D eigenvalue weighted by Crippen LogP contribution is 2.72. The summed E-state index contributed by atoms with van der Waals surface area (Å²) < 4.78 is 37.0. The van der Waals surface area contributed by atoms with Crippen LogP contribution < -0.4 is 0 Å². The first-order chi connectivity index (χ1) is 43.3. The summed E-state index contributed by atoms with van der Waals surface area (Å²) in [6.45, 7) is 24.6. The van der Waals surface area contributed by atoms with Crippen LogP contribution >= 0.6 is 0 Å². The number of carbonyl (C=O) groups excluding carboxylic acids is 6. The zero-order chi connectivity index (χ0) is 64.5. The Labute approximate surface area is 548 Å². The minimum atomic E-state index is -0.406. The summed E-state index contributed by atoms with van der Waals surface area (Å²) in [7, 11) is 0. The van der Waals surface area contributed by atoms with Gasteiger partial charge in [-0.15, -0.1) is 0 Å². The second kappa shape index (κ2) is 25.0. The van der Waals surface area contributed by atoms with Crippen LogP contribution in [0.25, 0.3) is 0 Å². The van der Waals surface area contributed by atoms with Crippen molar-refractivity contribution in [1.82, 2.24) is 0 Å². The maximum absolute atomic E-state index is 13.4. The van der Waals surface area contributed by atoms with Gasteiger partial charge in [0.2, 0.25) is 0 Å². The van der Waals surface area contributed by atoms with E-state index in [4.69, 9.17) is 28.4 Å². The summed E-state index contributed by atoms with van der Waals surface area (Å²) in [5.41, 5.74) is -1.84. The fourth-order valence-corrected chi connectivity index (χ4v) is 24.7. The molecule has 0 aromatic heterocycles. The molecule has 0 aromatic carbocycles. The molecule has 0 spiro atoms. The van der Waals surface area contributed by atoms with Crippen molar-refractivity contribution in [1.29, 1.82) is 0 Å². The molecule has 12 bridgehead atoms. The van der Waals surface area contributed by atoms with Crippen LogP contribution in [0.15, 0.2) is 0 Å². The number of ether oxygens (including phenoxy) is 6. The first-order valence-electron chi connectivity index (χ1n) is 38.6. The van der Waals surface area contributed by atoms with Gasteiger partial charge < -0.3 is 28.4 Å². The summed E-state index contributed by atoms with van der Waals surface area (Å²) in [6, 6.07) is 0. The van der Waals surface area contributed by atoms with Gasteiger partial charge in [0.05, 0.1) is 34.0 Å². The van der Waals surface area contributed by atoms with Gasteiger partial charge >= 0.3 is 35.8 Å². The molecular weight excluding hydrogens is 1140 g/mol. The zero-order valence-corrected chi connectivity index (χ0v) is 58.7. The normalized spacial score (nSPS) is 43.0. The van der Waals surface area contributed by atoms with Crippen LogP contribution in [0.3, 0.4) is 0 Å². The molecular formula is C79H122O12. The van der Waals surface area contributed by atoms with Gasteiger partial charge in [0.25, 0.3) is 0 Å². The molecule has 15 aliphatic rings. The molecule has 0 aliphatic heterocycles. The number of hydrogen-bond donors (Lipinski definition) is 0. The van der Waals surface area contributed by atoms with Crippen molar-refractivity contribution in [2.45, 2.75) is 317 Å². The van der Waals surface area contributed by atoms with E-state index in [1.54, 1.807) is 0 Å². The number of esters is 6. The van der Waals surface area contributed by atoms with Gasteiger partial charge in [0.15, 0.2) is 0 Å². The fraction of sp³-hybridized carbons (Fsp3) is 0.924. The van der Waals surface area contributed by atoms with Gasteiger partial charge in [0.1, 0.15) is 35.1 Å². The van der Waals surface area contributed by atoms with E-state index in [2.05, 4.69) is 41.5 Å². The molecule has 15 aliphatic carbocycles. The van der Waals surface area contributed by atoms with Gasteiger partial charge in [-0.05, 0) is 341 Å². The Kier molecular flexibility index (Phi) is 18.3. The minimum Gasteiger partial charge on any atom is -0.462 e. The molecule has 24 atom stereocenters. The van der Waals surface area contributed by atoms with Crippen molar-refractivity contribution >= 4 is 35.8 Å². The Morgan fingerprint density at radius 3 is 0.890 bits per heavy atom. The monoisotopic (exact) mass is 1260 g/mol. The van der Waals surface area contributed by atoms with Gasteiger partial charge in [-0.3, -0.25) is 28.8 Å². The molecule has 0 saturated heterocycles. The average Bonchev–Trinajstić information content (AvgIpc) is 1.56. The van der Waals surface area contributed by atoms with Crippen molar-refractivity contribution in [2.24, 2.45) is 141 Å². The van der Waals surface area contributed by atoms with Crippen molar-refractivity contribution in [3.63, 3.8) is 0 Å². The van der Waals surface area contributed by atoms with E-state index >= 15 is 0 Å². The van der Waals surface area contributed by atoms with Crippen LogP contribution in [0.4, 0.5) is 0 Å². The summed E-state index contributed by atoms with van der Waals surface area (Å²) in [6.07, 6.45) is 33.8. The number of carbonyl (C=O) groups is 6. The lowest BCUT2D eigenvalue weighted by molar-refractivity contribution is -0.175. The van der Waals surface area contributed by atoms with Crippen LogP contribution in [0.5, 0.6) is 0 Å². The smallest absolute Gasteiger partial charge is 0.311 e. The first kappa shape index (κ1) is 66.4. The molecule has 15 fully saturated rings. The van der Waals surface area contributed by atoms with Crippen LogP contribution in [-0.4, -0.2) is 70.9 Å². The molecule has 0 aromatic rings. The molecule has 0 heterocycles. The number of rotatable bonds is 17. The third-order valence-electron chi connectivity index (χ3n) is 30.7. The third-order valence-corrected chi connectivity index (χ3v) is 30.7. The highest BCUT2D eigenvalue weighted by Gasteiger charge is 2.70. The van der Waals surface area contributed by atoms with Crippen molar-refractivity contribution in [2.75, 3.05) is 0 Å². The standard InChI is InChI=1S/C27H42O4.2C26H40O4/c1-5-26(3,4)25(29)30-21-15-17-14-20(21)23-18-12-16(22(17)23)13-19(18)24(28)31-27(6-2)10-8-7-9-11-27;1-5-25(2,3)24(28)29-20-14-16-13-19(20)22-17-11-15(21(16)22)12-18(17)23(27)30-26(4)9-7-6-8-10-26;1-5-25(3,4)24(28)29-20-14-16-13-19(20)22-17-11-15(21(16)22)12-18(17)23(27)30-26(6-2)9-7-8-10-26/h16-23H,5-15H2,1-4H3;2*15-22H,5-14H2,1-4H3. The fourth-order valence-electron chi connectivity index (χ4n) is 24.7. The Hall–Kier alpha value is -3.18.